The molecule has 0 spiro atoms. The Bertz CT molecular complexity index is 748. The quantitative estimate of drug-likeness (QED) is 0.858. The number of hydrogen-bond acceptors (Lipinski definition) is 4. The molecule has 3 rings (SSSR count). The Kier molecular flexibility index (Phi) is 4.82. The van der Waals surface area contributed by atoms with E-state index in [2.05, 4.69) is 10.1 Å². The number of fused-ring (bicyclic) bond motifs is 1. The third-order valence-corrected chi connectivity index (χ3v) is 6.26. The number of carbonyl (C=O) groups is 1. The van der Waals surface area contributed by atoms with Crippen molar-refractivity contribution in [2.45, 2.75) is 58.4 Å². The van der Waals surface area contributed by atoms with Crippen LogP contribution in [0.3, 0.4) is 0 Å². The first-order chi connectivity index (χ1) is 12.5. The molecule has 148 valence electrons. The van der Waals surface area contributed by atoms with Gasteiger partial charge in [0.25, 0.3) is 11.6 Å². The maximum absolute atomic E-state index is 14.0. The Morgan fingerprint density at radius 1 is 1.33 bits per heavy atom. The van der Waals surface area contributed by atoms with E-state index in [1.165, 1.54) is 24.5 Å². The Balaban J connectivity index is 2.00. The number of amides is 1. The molecule has 1 aromatic heterocycles. The molecule has 0 bridgehead atoms. The summed E-state index contributed by atoms with van der Waals surface area (Å²) in [6, 6.07) is 2.62. The fourth-order valence-electron chi connectivity index (χ4n) is 4.04. The van der Waals surface area contributed by atoms with Gasteiger partial charge in [-0.15, -0.1) is 0 Å². The van der Waals surface area contributed by atoms with Gasteiger partial charge >= 0.3 is 6.18 Å². The van der Waals surface area contributed by atoms with Crippen molar-refractivity contribution in [3.05, 3.63) is 30.1 Å². The van der Waals surface area contributed by atoms with Gasteiger partial charge in [-0.05, 0) is 42.7 Å². The number of halogens is 3. The number of hydrazone groups is 1. The van der Waals surface area contributed by atoms with Crippen LogP contribution in [-0.2, 0) is 0 Å². The normalized spacial score (nSPS) is 28.7. The van der Waals surface area contributed by atoms with Crippen LogP contribution in [0.4, 0.5) is 13.2 Å². The summed E-state index contributed by atoms with van der Waals surface area (Å²) in [5.74, 6) is -2.21. The number of aromatic nitrogens is 1. The second-order valence-corrected chi connectivity index (χ2v) is 8.03. The minimum Gasteiger partial charge on any atom is -0.362 e. The lowest BCUT2D eigenvalue weighted by Gasteiger charge is -2.43. The molecule has 1 aliphatic heterocycles. The Morgan fingerprint density at radius 3 is 2.52 bits per heavy atom. The van der Waals surface area contributed by atoms with Crippen molar-refractivity contribution in [3.8, 4) is 0 Å². The average Bonchev–Trinajstić information content (AvgIpc) is 2.95. The SMILES string of the molecule is CCC(C)(C)[C@@H]1CCC2=NN(C(=O)c3ccncc3)[C@@](O)(C(F)(F)F)[C@H]2C1. The summed E-state index contributed by atoms with van der Waals surface area (Å²) < 4.78 is 42.1. The summed E-state index contributed by atoms with van der Waals surface area (Å²) in [6.07, 6.45) is -0.384. The summed E-state index contributed by atoms with van der Waals surface area (Å²) in [7, 11) is 0. The van der Waals surface area contributed by atoms with Gasteiger partial charge in [0.2, 0.25) is 0 Å². The van der Waals surface area contributed by atoms with Gasteiger partial charge in [0, 0.05) is 23.7 Å². The molecule has 8 heteroatoms. The minimum absolute atomic E-state index is 0.00103. The molecule has 1 amide bonds. The standard InChI is InChI=1S/C19H24F3N3O2/c1-4-17(2,3)13-5-6-15-14(11-13)18(27,19(20,21)22)25(24-15)16(26)12-7-9-23-10-8-12/h7-10,13-14,27H,4-6,11H2,1-3H3/t13-,14+,18+/m1/s1. The highest BCUT2D eigenvalue weighted by Gasteiger charge is 2.69. The van der Waals surface area contributed by atoms with E-state index in [4.69, 9.17) is 0 Å². The van der Waals surface area contributed by atoms with Crippen LogP contribution in [0.1, 0.15) is 56.8 Å². The molecule has 1 fully saturated rings. The van der Waals surface area contributed by atoms with Crippen LogP contribution < -0.4 is 0 Å². The van der Waals surface area contributed by atoms with Crippen molar-refractivity contribution < 1.29 is 23.1 Å². The van der Waals surface area contributed by atoms with Crippen molar-refractivity contribution in [1.29, 1.82) is 0 Å². The highest BCUT2D eigenvalue weighted by Crippen LogP contribution is 2.52. The Morgan fingerprint density at radius 2 is 1.96 bits per heavy atom. The van der Waals surface area contributed by atoms with Crippen LogP contribution in [0, 0.1) is 17.3 Å². The highest BCUT2D eigenvalue weighted by atomic mass is 19.4. The molecule has 2 heterocycles. The van der Waals surface area contributed by atoms with E-state index >= 15 is 0 Å². The fourth-order valence-corrected chi connectivity index (χ4v) is 4.04. The van der Waals surface area contributed by atoms with Crippen LogP contribution in [0.15, 0.2) is 29.6 Å². The monoisotopic (exact) mass is 383 g/mol. The number of nitrogens with zero attached hydrogens (tertiary/aromatic N) is 3. The molecular formula is C19H24F3N3O2. The third kappa shape index (κ3) is 3.13. The van der Waals surface area contributed by atoms with E-state index in [0.717, 1.165) is 6.42 Å². The molecule has 1 N–H and O–H groups in total. The predicted octanol–water partition coefficient (Wildman–Crippen LogP) is 4.00. The third-order valence-electron chi connectivity index (χ3n) is 6.26. The first kappa shape index (κ1) is 19.8. The zero-order chi connectivity index (χ0) is 20.0. The van der Waals surface area contributed by atoms with E-state index in [1.54, 1.807) is 0 Å². The molecule has 0 saturated heterocycles. The zero-order valence-corrected chi connectivity index (χ0v) is 15.6. The second-order valence-electron chi connectivity index (χ2n) is 8.03. The molecule has 2 aliphatic rings. The number of pyridine rings is 1. The van der Waals surface area contributed by atoms with Crippen molar-refractivity contribution in [2.24, 2.45) is 22.4 Å². The Hall–Kier alpha value is -1.96. The summed E-state index contributed by atoms with van der Waals surface area (Å²) >= 11 is 0. The van der Waals surface area contributed by atoms with Crippen molar-refractivity contribution in [1.82, 2.24) is 9.99 Å². The smallest absolute Gasteiger partial charge is 0.362 e. The van der Waals surface area contributed by atoms with E-state index in [0.29, 0.717) is 12.8 Å². The topological polar surface area (TPSA) is 65.8 Å². The minimum atomic E-state index is -5.02. The molecule has 0 aromatic carbocycles. The fraction of sp³-hybridized carbons (Fsp3) is 0.632. The molecule has 1 aliphatic carbocycles. The number of carbonyl (C=O) groups excluding carboxylic acids is 1. The Labute approximate surface area is 156 Å². The number of hydrogen-bond donors (Lipinski definition) is 1. The average molecular weight is 383 g/mol. The molecule has 1 aromatic rings. The van der Waals surface area contributed by atoms with Crippen molar-refractivity contribution >= 4 is 11.6 Å². The molecule has 1 saturated carbocycles. The van der Waals surface area contributed by atoms with E-state index in [1.807, 2.05) is 20.8 Å². The van der Waals surface area contributed by atoms with Gasteiger partial charge in [0.05, 0.1) is 5.92 Å². The molecule has 3 atom stereocenters. The van der Waals surface area contributed by atoms with Gasteiger partial charge in [-0.2, -0.15) is 23.3 Å². The van der Waals surface area contributed by atoms with Gasteiger partial charge in [0.1, 0.15) is 0 Å². The van der Waals surface area contributed by atoms with Gasteiger partial charge in [0.15, 0.2) is 0 Å². The van der Waals surface area contributed by atoms with Gasteiger partial charge < -0.3 is 5.11 Å². The molecular weight excluding hydrogens is 359 g/mol. The molecule has 27 heavy (non-hydrogen) atoms. The van der Waals surface area contributed by atoms with E-state index in [-0.39, 0.29) is 34.0 Å². The number of aliphatic hydroxyl groups is 1. The van der Waals surface area contributed by atoms with Crippen LogP contribution in [-0.4, -0.2) is 38.6 Å². The van der Waals surface area contributed by atoms with E-state index < -0.39 is 23.7 Å². The predicted molar refractivity (Wildman–Crippen MR) is 93.7 cm³/mol. The van der Waals surface area contributed by atoms with Gasteiger partial charge in [-0.25, -0.2) is 0 Å². The lowest BCUT2D eigenvalue weighted by Crippen LogP contribution is -2.62. The summed E-state index contributed by atoms with van der Waals surface area (Å²) in [4.78, 5) is 16.5. The van der Waals surface area contributed by atoms with Crippen molar-refractivity contribution in [3.63, 3.8) is 0 Å². The summed E-state index contributed by atoms with van der Waals surface area (Å²) in [6.45, 7) is 6.07. The largest absolute Gasteiger partial charge is 0.439 e. The maximum atomic E-state index is 14.0. The lowest BCUT2D eigenvalue weighted by atomic mass is 9.64. The number of rotatable bonds is 3. The van der Waals surface area contributed by atoms with Gasteiger partial charge in [-0.1, -0.05) is 27.2 Å². The molecule has 0 radical (unpaired) electrons. The van der Waals surface area contributed by atoms with Crippen molar-refractivity contribution in [2.75, 3.05) is 0 Å². The second kappa shape index (κ2) is 6.58. The van der Waals surface area contributed by atoms with Crippen LogP contribution in [0.2, 0.25) is 0 Å². The van der Waals surface area contributed by atoms with Gasteiger partial charge in [-0.3, -0.25) is 9.78 Å². The summed E-state index contributed by atoms with van der Waals surface area (Å²) in [5, 5.41) is 15.0. The molecule has 5 nitrogen and oxygen atoms in total. The highest BCUT2D eigenvalue weighted by molar-refractivity contribution is 5.99. The van der Waals surface area contributed by atoms with Crippen LogP contribution in [0.5, 0.6) is 0 Å². The first-order valence-electron chi connectivity index (χ1n) is 9.13. The summed E-state index contributed by atoms with van der Waals surface area (Å²) in [5.41, 5.74) is -3.23. The van der Waals surface area contributed by atoms with Crippen LogP contribution >= 0.6 is 0 Å². The lowest BCUT2D eigenvalue weighted by molar-refractivity contribution is -0.314. The van der Waals surface area contributed by atoms with E-state index in [9.17, 15) is 23.1 Å². The molecule has 0 unspecified atom stereocenters. The van der Waals surface area contributed by atoms with Crippen LogP contribution in [0.25, 0.3) is 0 Å². The number of alkyl halides is 3. The first-order valence-corrected chi connectivity index (χ1v) is 9.13. The zero-order valence-electron chi connectivity index (χ0n) is 15.6. The maximum Gasteiger partial charge on any atom is 0.439 e.